The number of hydrogen-bond acceptors (Lipinski definition) is 8. The summed E-state index contributed by atoms with van der Waals surface area (Å²) < 4.78 is 31.3. The van der Waals surface area contributed by atoms with E-state index in [-0.39, 0.29) is 11.8 Å². The Balaban J connectivity index is 1.28. The third-order valence-electron chi connectivity index (χ3n) is 9.03. The van der Waals surface area contributed by atoms with Crippen molar-refractivity contribution in [2.45, 2.75) is 38.3 Å². The first-order chi connectivity index (χ1) is 21.6. The molecule has 10 nitrogen and oxygen atoms in total. The molecular weight excluding hydrogens is 612 g/mol. The first-order valence-corrected chi connectivity index (χ1v) is 17.8. The van der Waals surface area contributed by atoms with Crippen LogP contribution in [0.2, 0.25) is 5.02 Å². The molecule has 3 aliphatic rings. The molecule has 1 aromatic heterocycles. The molecule has 1 unspecified atom stereocenters. The zero-order chi connectivity index (χ0) is 31.7. The molecule has 6 rings (SSSR count). The Kier molecular flexibility index (Phi) is 9.12. The number of anilines is 1. The third-order valence-corrected chi connectivity index (χ3v) is 9.98. The SMILES string of the molecule is CN1CCC[C@H]1COc1nc2c(c(/[N+](C)=C\C3CCN(C(=O)/C=C/S(C)(=O)=O)C3)n1)CCN(c1cccc3cccc(Cl)c13)C2. The number of fused-ring (bicyclic) bond motifs is 2. The fourth-order valence-corrected chi connectivity index (χ4v) is 7.28. The summed E-state index contributed by atoms with van der Waals surface area (Å²) in [6.45, 7) is 4.06. The van der Waals surface area contributed by atoms with Crippen LogP contribution in [-0.2, 0) is 27.6 Å². The summed E-state index contributed by atoms with van der Waals surface area (Å²) in [7, 11) is 0.754. The van der Waals surface area contributed by atoms with Crippen molar-refractivity contribution in [2.24, 2.45) is 5.92 Å². The van der Waals surface area contributed by atoms with Gasteiger partial charge in [-0.25, -0.2) is 13.0 Å². The number of halogens is 1. The van der Waals surface area contributed by atoms with E-state index in [1.807, 2.05) is 23.8 Å². The van der Waals surface area contributed by atoms with Gasteiger partial charge in [0.2, 0.25) is 5.91 Å². The largest absolute Gasteiger partial charge is 0.443 e. The fraction of sp³-hybridized carbons (Fsp3) is 0.455. The lowest BCUT2D eigenvalue weighted by molar-refractivity contribution is -0.407. The second kappa shape index (κ2) is 13.1. The van der Waals surface area contributed by atoms with Crippen LogP contribution >= 0.6 is 11.6 Å². The number of likely N-dealkylation sites (tertiary alicyclic amines) is 2. The molecule has 0 saturated carbocycles. The van der Waals surface area contributed by atoms with E-state index < -0.39 is 9.84 Å². The van der Waals surface area contributed by atoms with Crippen molar-refractivity contribution in [1.82, 2.24) is 19.8 Å². The standard InChI is InChI=1S/C33H40ClN6O4S/c1-37-15-6-9-25(37)22-44-33-35-28-21-39(29-11-5-8-24-7-4-10-27(34)31(24)29)17-13-26(28)32(36-33)38(2)19-23-12-16-40(20-23)30(41)14-18-45(3,42)43/h4-5,7-8,10-11,14,18-19,23,25H,6,9,12-13,15-17,20-22H2,1-3H3/q+1/b18-14+,38-19-/t23?,25-/m0/s1. The van der Waals surface area contributed by atoms with Crippen molar-refractivity contribution in [3.8, 4) is 6.01 Å². The second-order valence-electron chi connectivity index (χ2n) is 12.4. The van der Waals surface area contributed by atoms with Crippen LogP contribution in [0.25, 0.3) is 10.8 Å². The lowest BCUT2D eigenvalue weighted by Crippen LogP contribution is -2.33. The topological polar surface area (TPSA) is 98.9 Å². The number of likely N-dealkylation sites (N-methyl/N-ethyl adjacent to an activating group) is 1. The first kappa shape index (κ1) is 31.4. The predicted molar refractivity (Wildman–Crippen MR) is 177 cm³/mol. The van der Waals surface area contributed by atoms with Crippen LogP contribution in [0.4, 0.5) is 11.5 Å². The van der Waals surface area contributed by atoms with Gasteiger partial charge in [-0.3, -0.25) is 4.79 Å². The van der Waals surface area contributed by atoms with Gasteiger partial charge in [0.15, 0.2) is 9.84 Å². The van der Waals surface area contributed by atoms with Crippen molar-refractivity contribution in [3.05, 3.63) is 64.2 Å². The van der Waals surface area contributed by atoms with E-state index in [1.165, 1.54) is 0 Å². The molecule has 45 heavy (non-hydrogen) atoms. The summed E-state index contributed by atoms with van der Waals surface area (Å²) in [5.74, 6) is 0.623. The van der Waals surface area contributed by atoms with E-state index in [9.17, 15) is 13.2 Å². The molecule has 3 aliphatic heterocycles. The van der Waals surface area contributed by atoms with Gasteiger partial charge in [0.1, 0.15) is 6.61 Å². The van der Waals surface area contributed by atoms with Gasteiger partial charge in [-0.05, 0) is 50.4 Å². The number of aromatic nitrogens is 2. The Morgan fingerprint density at radius 2 is 1.93 bits per heavy atom. The molecule has 1 amide bonds. The first-order valence-electron chi connectivity index (χ1n) is 15.5. The number of sulfone groups is 1. The highest BCUT2D eigenvalue weighted by atomic mass is 35.5. The molecule has 12 heteroatoms. The number of rotatable bonds is 8. The van der Waals surface area contributed by atoms with E-state index >= 15 is 0 Å². The average molecular weight is 652 g/mol. The molecule has 2 saturated heterocycles. The zero-order valence-corrected chi connectivity index (χ0v) is 27.6. The number of nitrogens with zero attached hydrogens (tertiary/aromatic N) is 6. The van der Waals surface area contributed by atoms with Gasteiger partial charge in [-0.15, -0.1) is 0 Å². The van der Waals surface area contributed by atoms with Gasteiger partial charge in [0, 0.05) is 71.8 Å². The molecular formula is C33H40ClN6O4S+. The maximum Gasteiger partial charge on any atom is 0.434 e. The maximum absolute atomic E-state index is 12.6. The predicted octanol–water partition coefficient (Wildman–Crippen LogP) is 4.07. The van der Waals surface area contributed by atoms with E-state index in [0.29, 0.717) is 38.3 Å². The molecule has 0 aliphatic carbocycles. The number of ether oxygens (including phenoxy) is 1. The van der Waals surface area contributed by atoms with Crippen LogP contribution in [0, 0.1) is 5.92 Å². The molecule has 0 bridgehead atoms. The monoisotopic (exact) mass is 651 g/mol. The number of hydrogen-bond donors (Lipinski definition) is 0. The quantitative estimate of drug-likeness (QED) is 0.204. The molecule has 2 fully saturated rings. The summed E-state index contributed by atoms with van der Waals surface area (Å²) in [6, 6.07) is 13.0. The van der Waals surface area contributed by atoms with Gasteiger partial charge in [-0.2, -0.15) is 4.98 Å². The molecule has 238 valence electrons. The van der Waals surface area contributed by atoms with Crippen LogP contribution in [0.1, 0.15) is 30.5 Å². The summed E-state index contributed by atoms with van der Waals surface area (Å²) in [5.41, 5.74) is 3.10. The minimum atomic E-state index is -3.36. The molecule has 2 aromatic carbocycles. The van der Waals surface area contributed by atoms with Gasteiger partial charge < -0.3 is 19.4 Å². The Labute approximate surface area is 269 Å². The molecule has 0 N–H and O–H groups in total. The van der Waals surface area contributed by atoms with Crippen molar-refractivity contribution >= 4 is 55.8 Å². The lowest BCUT2D eigenvalue weighted by atomic mass is 10.0. The van der Waals surface area contributed by atoms with Crippen molar-refractivity contribution in [2.75, 3.05) is 58.0 Å². The fourth-order valence-electron chi connectivity index (χ4n) is 6.63. The van der Waals surface area contributed by atoms with Crippen LogP contribution in [0.15, 0.2) is 47.9 Å². The number of benzene rings is 2. The molecule has 0 radical (unpaired) electrons. The van der Waals surface area contributed by atoms with E-state index in [0.717, 1.165) is 95.1 Å². The molecule has 4 heterocycles. The Hall–Kier alpha value is -3.54. The summed E-state index contributed by atoms with van der Waals surface area (Å²) >= 11 is 6.70. The third kappa shape index (κ3) is 7.15. The van der Waals surface area contributed by atoms with E-state index in [2.05, 4.69) is 47.3 Å². The van der Waals surface area contributed by atoms with Gasteiger partial charge in [-0.1, -0.05) is 35.9 Å². The van der Waals surface area contributed by atoms with Crippen LogP contribution in [-0.4, -0.2) is 104 Å². The van der Waals surface area contributed by atoms with Crippen molar-refractivity contribution < 1.29 is 22.5 Å². The van der Waals surface area contributed by atoms with Crippen molar-refractivity contribution in [3.63, 3.8) is 0 Å². The van der Waals surface area contributed by atoms with Crippen molar-refractivity contribution in [1.29, 1.82) is 0 Å². The molecule has 2 atom stereocenters. The smallest absolute Gasteiger partial charge is 0.434 e. The minimum absolute atomic E-state index is 0.102. The summed E-state index contributed by atoms with van der Waals surface area (Å²) in [5, 5.41) is 3.83. The van der Waals surface area contributed by atoms with Crippen LogP contribution in [0.5, 0.6) is 6.01 Å². The highest BCUT2D eigenvalue weighted by Gasteiger charge is 2.32. The van der Waals surface area contributed by atoms with Gasteiger partial charge in [0.05, 0.1) is 36.1 Å². The van der Waals surface area contributed by atoms with E-state index in [1.54, 1.807) is 4.90 Å². The average Bonchev–Trinajstić information content (AvgIpc) is 3.66. The second-order valence-corrected chi connectivity index (χ2v) is 14.7. The number of carbonyl (C=O) groups is 1. The van der Waals surface area contributed by atoms with Crippen LogP contribution in [0.3, 0.4) is 0 Å². The zero-order valence-electron chi connectivity index (χ0n) is 26.0. The van der Waals surface area contributed by atoms with Gasteiger partial charge in [0.25, 0.3) is 0 Å². The highest BCUT2D eigenvalue weighted by molar-refractivity contribution is 7.93. The Bertz CT molecular complexity index is 1770. The lowest BCUT2D eigenvalue weighted by Gasteiger charge is -2.31. The number of amides is 1. The van der Waals surface area contributed by atoms with Gasteiger partial charge >= 0.3 is 11.8 Å². The van der Waals surface area contributed by atoms with Crippen LogP contribution < -0.4 is 9.64 Å². The Morgan fingerprint density at radius 1 is 1.13 bits per heavy atom. The summed E-state index contributed by atoms with van der Waals surface area (Å²) in [6.07, 6.45) is 8.11. The number of carbonyl (C=O) groups excluding carboxylic acids is 1. The van der Waals surface area contributed by atoms with E-state index in [4.69, 9.17) is 26.3 Å². The summed E-state index contributed by atoms with van der Waals surface area (Å²) in [4.78, 5) is 28.8. The normalized spacial score (nSPS) is 21.2. The minimum Gasteiger partial charge on any atom is -0.443 e. The maximum atomic E-state index is 12.6. The Morgan fingerprint density at radius 3 is 2.69 bits per heavy atom. The molecule has 3 aromatic rings. The highest BCUT2D eigenvalue weighted by Crippen LogP contribution is 2.36. The molecule has 0 spiro atoms.